The van der Waals surface area contributed by atoms with Gasteiger partial charge in [0.1, 0.15) is 0 Å². The van der Waals surface area contributed by atoms with Gasteiger partial charge in [0, 0.05) is 6.54 Å². The second-order valence-electron chi connectivity index (χ2n) is 5.06. The molecule has 0 spiro atoms. The lowest BCUT2D eigenvalue weighted by Crippen LogP contribution is -2.25. The van der Waals surface area contributed by atoms with Gasteiger partial charge >= 0.3 is 0 Å². The molecule has 0 aliphatic heterocycles. The number of hydrogen-bond acceptors (Lipinski definition) is 2. The largest absolute Gasteiger partial charge is 0.375 e. The van der Waals surface area contributed by atoms with Crippen LogP contribution in [0, 0.1) is 11.8 Å². The van der Waals surface area contributed by atoms with Crippen molar-refractivity contribution < 1.29 is 4.74 Å². The molecule has 17 heavy (non-hydrogen) atoms. The fourth-order valence-corrected chi connectivity index (χ4v) is 2.07. The summed E-state index contributed by atoms with van der Waals surface area (Å²) >= 11 is 0. The minimum absolute atomic E-state index is 0.723. The summed E-state index contributed by atoms with van der Waals surface area (Å²) < 4.78 is 5.62. The van der Waals surface area contributed by atoms with E-state index in [1.165, 1.54) is 18.4 Å². The topological polar surface area (TPSA) is 21.3 Å². The van der Waals surface area contributed by atoms with Crippen LogP contribution in [0.2, 0.25) is 0 Å². The summed E-state index contributed by atoms with van der Waals surface area (Å²) in [6, 6.07) is 10.3. The van der Waals surface area contributed by atoms with Gasteiger partial charge in [0.25, 0.3) is 0 Å². The Morgan fingerprint density at radius 2 is 2.06 bits per heavy atom. The van der Waals surface area contributed by atoms with Gasteiger partial charge in [-0.1, -0.05) is 37.3 Å². The lowest BCUT2D eigenvalue weighted by molar-refractivity contribution is 0.122. The van der Waals surface area contributed by atoms with Crippen LogP contribution in [0.25, 0.3) is 0 Å². The van der Waals surface area contributed by atoms with Crippen molar-refractivity contribution in [3.05, 3.63) is 35.9 Å². The molecule has 1 unspecified atom stereocenters. The molecule has 1 N–H and O–H groups in total. The third kappa shape index (κ3) is 4.88. The standard InChI is InChI=1S/C15H23NO/c1-13(15-7-8-15)11-16-9-10-17-12-14-5-3-2-4-6-14/h2-6,13,15-16H,7-12H2,1H3. The van der Waals surface area contributed by atoms with E-state index in [-0.39, 0.29) is 0 Å². The van der Waals surface area contributed by atoms with E-state index in [1.807, 2.05) is 18.2 Å². The van der Waals surface area contributed by atoms with Crippen molar-refractivity contribution >= 4 is 0 Å². The van der Waals surface area contributed by atoms with Crippen molar-refractivity contribution in [1.29, 1.82) is 0 Å². The molecule has 0 bridgehead atoms. The first-order chi connectivity index (χ1) is 8.36. The molecule has 1 aliphatic carbocycles. The van der Waals surface area contributed by atoms with E-state index in [1.54, 1.807) is 0 Å². The Morgan fingerprint density at radius 1 is 1.29 bits per heavy atom. The zero-order chi connectivity index (χ0) is 11.9. The smallest absolute Gasteiger partial charge is 0.0717 e. The highest BCUT2D eigenvalue weighted by atomic mass is 16.5. The summed E-state index contributed by atoms with van der Waals surface area (Å²) in [4.78, 5) is 0. The number of benzene rings is 1. The Kier molecular flexibility index (Phi) is 5.02. The van der Waals surface area contributed by atoms with Crippen molar-refractivity contribution in [2.75, 3.05) is 19.7 Å². The van der Waals surface area contributed by atoms with E-state index < -0.39 is 0 Å². The Hall–Kier alpha value is -0.860. The second kappa shape index (κ2) is 6.77. The van der Waals surface area contributed by atoms with Crippen LogP contribution in [0.4, 0.5) is 0 Å². The first kappa shape index (κ1) is 12.6. The van der Waals surface area contributed by atoms with Gasteiger partial charge in [0.2, 0.25) is 0 Å². The highest BCUT2D eigenvalue weighted by molar-refractivity contribution is 5.13. The molecular formula is C15H23NO. The Bertz CT molecular complexity index is 308. The molecule has 0 aromatic heterocycles. The normalized spacial score (nSPS) is 17.0. The maximum absolute atomic E-state index is 5.62. The number of ether oxygens (including phenoxy) is 1. The van der Waals surface area contributed by atoms with Gasteiger partial charge in [0.05, 0.1) is 13.2 Å². The third-order valence-corrected chi connectivity index (χ3v) is 3.43. The van der Waals surface area contributed by atoms with Gasteiger partial charge in [-0.3, -0.25) is 0 Å². The van der Waals surface area contributed by atoms with Crippen molar-refractivity contribution in [2.24, 2.45) is 11.8 Å². The molecule has 1 aromatic carbocycles. The molecule has 0 amide bonds. The summed E-state index contributed by atoms with van der Waals surface area (Å²) in [6.07, 6.45) is 2.88. The third-order valence-electron chi connectivity index (χ3n) is 3.43. The van der Waals surface area contributed by atoms with Crippen LogP contribution in [0.5, 0.6) is 0 Å². The minimum atomic E-state index is 0.723. The molecular weight excluding hydrogens is 210 g/mol. The molecule has 2 nitrogen and oxygen atoms in total. The molecule has 2 rings (SSSR count). The Labute approximate surface area is 104 Å². The number of hydrogen-bond donors (Lipinski definition) is 1. The summed E-state index contributed by atoms with van der Waals surface area (Å²) in [5.74, 6) is 1.83. The van der Waals surface area contributed by atoms with Crippen molar-refractivity contribution in [3.8, 4) is 0 Å². The van der Waals surface area contributed by atoms with Gasteiger partial charge in [-0.05, 0) is 36.8 Å². The monoisotopic (exact) mass is 233 g/mol. The van der Waals surface area contributed by atoms with E-state index in [9.17, 15) is 0 Å². The van der Waals surface area contributed by atoms with Crippen LogP contribution in [0.15, 0.2) is 30.3 Å². The lowest BCUT2D eigenvalue weighted by Gasteiger charge is -2.11. The summed E-state index contributed by atoms with van der Waals surface area (Å²) in [5, 5.41) is 3.47. The minimum Gasteiger partial charge on any atom is -0.375 e. The molecule has 1 aliphatic rings. The average molecular weight is 233 g/mol. The van der Waals surface area contributed by atoms with E-state index in [2.05, 4.69) is 24.4 Å². The predicted molar refractivity (Wildman–Crippen MR) is 70.9 cm³/mol. The molecule has 0 saturated heterocycles. The molecule has 0 radical (unpaired) electrons. The molecule has 1 aromatic rings. The van der Waals surface area contributed by atoms with Crippen LogP contribution in [0.1, 0.15) is 25.3 Å². The van der Waals surface area contributed by atoms with Crippen molar-refractivity contribution in [2.45, 2.75) is 26.4 Å². The van der Waals surface area contributed by atoms with Gasteiger partial charge in [-0.15, -0.1) is 0 Å². The van der Waals surface area contributed by atoms with Gasteiger partial charge in [0.15, 0.2) is 0 Å². The van der Waals surface area contributed by atoms with Crippen LogP contribution < -0.4 is 5.32 Å². The highest BCUT2D eigenvalue weighted by Crippen LogP contribution is 2.35. The first-order valence-electron chi connectivity index (χ1n) is 6.68. The fourth-order valence-electron chi connectivity index (χ4n) is 2.07. The van der Waals surface area contributed by atoms with E-state index >= 15 is 0 Å². The predicted octanol–water partition coefficient (Wildman–Crippen LogP) is 2.84. The van der Waals surface area contributed by atoms with E-state index in [0.29, 0.717) is 0 Å². The molecule has 94 valence electrons. The van der Waals surface area contributed by atoms with Crippen molar-refractivity contribution in [3.63, 3.8) is 0 Å². The zero-order valence-corrected chi connectivity index (χ0v) is 10.7. The molecule has 0 heterocycles. The second-order valence-corrected chi connectivity index (χ2v) is 5.06. The first-order valence-corrected chi connectivity index (χ1v) is 6.68. The zero-order valence-electron chi connectivity index (χ0n) is 10.7. The maximum Gasteiger partial charge on any atom is 0.0717 e. The van der Waals surface area contributed by atoms with Crippen molar-refractivity contribution in [1.82, 2.24) is 5.32 Å². The fraction of sp³-hybridized carbons (Fsp3) is 0.600. The number of nitrogens with one attached hydrogen (secondary N) is 1. The average Bonchev–Trinajstić information content (AvgIpc) is 3.19. The lowest BCUT2D eigenvalue weighted by atomic mass is 10.1. The van der Waals surface area contributed by atoms with Crippen LogP contribution in [-0.2, 0) is 11.3 Å². The number of rotatable bonds is 8. The van der Waals surface area contributed by atoms with Crippen LogP contribution in [-0.4, -0.2) is 19.7 Å². The van der Waals surface area contributed by atoms with Gasteiger partial charge < -0.3 is 10.1 Å². The SMILES string of the molecule is CC(CNCCOCc1ccccc1)C1CC1. The molecule has 1 fully saturated rings. The summed E-state index contributed by atoms with van der Waals surface area (Å²) in [7, 11) is 0. The summed E-state index contributed by atoms with van der Waals surface area (Å²) in [5.41, 5.74) is 1.25. The van der Waals surface area contributed by atoms with Gasteiger partial charge in [-0.25, -0.2) is 0 Å². The van der Waals surface area contributed by atoms with Gasteiger partial charge in [-0.2, -0.15) is 0 Å². The molecule has 2 heteroatoms. The Balaban J connectivity index is 1.46. The van der Waals surface area contributed by atoms with E-state index in [0.717, 1.165) is 38.1 Å². The van der Waals surface area contributed by atoms with Crippen LogP contribution >= 0.6 is 0 Å². The quantitative estimate of drug-likeness (QED) is 0.697. The van der Waals surface area contributed by atoms with Crippen LogP contribution in [0.3, 0.4) is 0 Å². The summed E-state index contributed by atoms with van der Waals surface area (Å²) in [6.45, 7) is 5.96. The Morgan fingerprint density at radius 3 is 2.76 bits per heavy atom. The highest BCUT2D eigenvalue weighted by Gasteiger charge is 2.27. The van der Waals surface area contributed by atoms with E-state index in [4.69, 9.17) is 4.74 Å². The maximum atomic E-state index is 5.62. The molecule has 1 saturated carbocycles. The molecule has 1 atom stereocenters.